The summed E-state index contributed by atoms with van der Waals surface area (Å²) in [6.45, 7) is 1.81. The Morgan fingerprint density at radius 1 is 1.27 bits per heavy atom. The molecule has 0 aliphatic rings. The Kier molecular flexibility index (Phi) is 4.22. The van der Waals surface area contributed by atoms with Crippen molar-refractivity contribution >= 4 is 28.8 Å². The SMILES string of the molecule is C/C=C/C(=O)n1nc(-c2cccs2)cc1-c1ccc(Cl)cc1. The topological polar surface area (TPSA) is 34.9 Å². The third kappa shape index (κ3) is 2.89. The lowest BCUT2D eigenvalue weighted by Crippen LogP contribution is -2.10. The van der Waals surface area contributed by atoms with Gasteiger partial charge in [-0.25, -0.2) is 0 Å². The maximum atomic E-state index is 12.3. The lowest BCUT2D eigenvalue weighted by Gasteiger charge is -2.03. The number of hydrogen-bond donors (Lipinski definition) is 0. The molecule has 0 fully saturated rings. The van der Waals surface area contributed by atoms with Gasteiger partial charge in [-0.2, -0.15) is 9.78 Å². The van der Waals surface area contributed by atoms with E-state index in [-0.39, 0.29) is 5.91 Å². The van der Waals surface area contributed by atoms with Crippen LogP contribution in [-0.2, 0) is 0 Å². The summed E-state index contributed by atoms with van der Waals surface area (Å²) in [5.41, 5.74) is 2.44. The highest BCUT2D eigenvalue weighted by atomic mass is 35.5. The van der Waals surface area contributed by atoms with Crippen molar-refractivity contribution in [2.24, 2.45) is 0 Å². The summed E-state index contributed by atoms with van der Waals surface area (Å²) in [7, 11) is 0. The van der Waals surface area contributed by atoms with Gasteiger partial charge in [0, 0.05) is 16.7 Å². The molecule has 0 spiro atoms. The number of rotatable bonds is 3. The molecule has 0 saturated carbocycles. The second-order valence-corrected chi connectivity index (χ2v) is 6.03. The quantitative estimate of drug-likeness (QED) is 0.623. The number of carbonyl (C=O) groups excluding carboxylic acids is 1. The first-order valence-electron chi connectivity index (χ1n) is 6.76. The predicted molar refractivity (Wildman–Crippen MR) is 91.4 cm³/mol. The molecule has 0 atom stereocenters. The minimum atomic E-state index is -0.171. The van der Waals surface area contributed by atoms with Crippen molar-refractivity contribution in [3.8, 4) is 21.8 Å². The Hall–Kier alpha value is -2.17. The van der Waals surface area contributed by atoms with Gasteiger partial charge in [-0.1, -0.05) is 35.9 Å². The van der Waals surface area contributed by atoms with Gasteiger partial charge in [0.15, 0.2) is 0 Å². The molecule has 0 radical (unpaired) electrons. The van der Waals surface area contributed by atoms with E-state index in [1.165, 1.54) is 10.8 Å². The second kappa shape index (κ2) is 6.30. The average Bonchev–Trinajstić information content (AvgIpc) is 3.17. The molecule has 2 aromatic heterocycles. The Morgan fingerprint density at radius 3 is 2.68 bits per heavy atom. The van der Waals surface area contributed by atoms with Crippen molar-refractivity contribution in [2.75, 3.05) is 0 Å². The fourth-order valence-corrected chi connectivity index (χ4v) is 2.94. The van der Waals surface area contributed by atoms with Gasteiger partial charge in [0.25, 0.3) is 5.91 Å². The molecule has 0 amide bonds. The van der Waals surface area contributed by atoms with Crippen LogP contribution in [0.15, 0.2) is 60.0 Å². The molecule has 3 rings (SSSR count). The Labute approximate surface area is 137 Å². The van der Waals surface area contributed by atoms with Gasteiger partial charge in [0.1, 0.15) is 5.69 Å². The van der Waals surface area contributed by atoms with Gasteiger partial charge >= 0.3 is 0 Å². The molecule has 2 heterocycles. The van der Waals surface area contributed by atoms with Crippen LogP contribution < -0.4 is 0 Å². The molecule has 0 bridgehead atoms. The molecule has 0 N–H and O–H groups in total. The fraction of sp³-hybridized carbons (Fsp3) is 0.0588. The minimum Gasteiger partial charge on any atom is -0.267 e. The average molecular weight is 329 g/mol. The Balaban J connectivity index is 2.14. The van der Waals surface area contributed by atoms with E-state index < -0.39 is 0 Å². The van der Waals surface area contributed by atoms with Gasteiger partial charge in [0.05, 0.1) is 10.6 Å². The van der Waals surface area contributed by atoms with Crippen LogP contribution in [0.2, 0.25) is 5.02 Å². The molecule has 0 saturated heterocycles. The number of thiophene rings is 1. The smallest absolute Gasteiger partial charge is 0.267 e. The summed E-state index contributed by atoms with van der Waals surface area (Å²) < 4.78 is 1.43. The lowest BCUT2D eigenvalue weighted by molar-refractivity contribution is 0.0956. The van der Waals surface area contributed by atoms with Crippen LogP contribution in [0.25, 0.3) is 21.8 Å². The van der Waals surface area contributed by atoms with Gasteiger partial charge in [-0.05, 0) is 36.6 Å². The summed E-state index contributed by atoms with van der Waals surface area (Å²) in [6.07, 6.45) is 3.21. The van der Waals surface area contributed by atoms with Crippen LogP contribution >= 0.6 is 22.9 Å². The van der Waals surface area contributed by atoms with E-state index in [0.717, 1.165) is 21.8 Å². The summed E-state index contributed by atoms with van der Waals surface area (Å²) in [4.78, 5) is 13.3. The van der Waals surface area contributed by atoms with Crippen molar-refractivity contribution in [1.82, 2.24) is 9.78 Å². The third-order valence-corrected chi connectivity index (χ3v) is 4.29. The molecule has 110 valence electrons. The predicted octanol–water partition coefficient (Wildman–Crippen LogP) is 5.15. The van der Waals surface area contributed by atoms with E-state index in [9.17, 15) is 4.79 Å². The van der Waals surface area contributed by atoms with E-state index >= 15 is 0 Å². The zero-order valence-electron chi connectivity index (χ0n) is 11.9. The maximum absolute atomic E-state index is 12.3. The monoisotopic (exact) mass is 328 g/mol. The first-order valence-corrected chi connectivity index (χ1v) is 8.01. The summed E-state index contributed by atoms with van der Waals surface area (Å²) in [5, 5.41) is 7.11. The molecular formula is C17H13ClN2OS. The number of halogens is 1. The van der Waals surface area contributed by atoms with E-state index in [1.54, 1.807) is 29.5 Å². The number of hydrogen-bond acceptors (Lipinski definition) is 3. The van der Waals surface area contributed by atoms with Crippen LogP contribution in [0.5, 0.6) is 0 Å². The van der Waals surface area contributed by atoms with Crippen LogP contribution in [0.3, 0.4) is 0 Å². The first kappa shape index (κ1) is 14.8. The highest BCUT2D eigenvalue weighted by Gasteiger charge is 2.15. The van der Waals surface area contributed by atoms with Crippen LogP contribution in [0, 0.1) is 0 Å². The summed E-state index contributed by atoms with van der Waals surface area (Å²) in [5.74, 6) is -0.171. The normalized spacial score (nSPS) is 11.2. The number of nitrogens with zero attached hydrogens (tertiary/aromatic N) is 2. The van der Waals surface area contributed by atoms with Crippen LogP contribution in [0.4, 0.5) is 0 Å². The number of allylic oxidation sites excluding steroid dienone is 2. The lowest BCUT2D eigenvalue weighted by atomic mass is 10.1. The van der Waals surface area contributed by atoms with Crippen molar-refractivity contribution in [1.29, 1.82) is 0 Å². The molecule has 3 nitrogen and oxygen atoms in total. The fourth-order valence-electron chi connectivity index (χ4n) is 2.13. The summed E-state index contributed by atoms with van der Waals surface area (Å²) >= 11 is 7.53. The molecule has 5 heteroatoms. The van der Waals surface area contributed by atoms with Gasteiger partial charge in [-0.3, -0.25) is 4.79 Å². The van der Waals surface area contributed by atoms with Gasteiger partial charge in [-0.15, -0.1) is 11.3 Å². The van der Waals surface area contributed by atoms with Gasteiger partial charge in [0.2, 0.25) is 0 Å². The molecule has 3 aromatic rings. The van der Waals surface area contributed by atoms with E-state index in [1.807, 2.05) is 42.6 Å². The molecule has 0 aliphatic heterocycles. The Bertz CT molecular complexity index is 817. The number of aromatic nitrogens is 2. The van der Waals surface area contributed by atoms with Crippen LogP contribution in [0.1, 0.15) is 11.7 Å². The van der Waals surface area contributed by atoms with Crippen molar-refractivity contribution in [3.63, 3.8) is 0 Å². The largest absolute Gasteiger partial charge is 0.271 e. The maximum Gasteiger partial charge on any atom is 0.271 e. The molecule has 0 unspecified atom stereocenters. The van der Waals surface area contributed by atoms with Crippen molar-refractivity contribution in [3.05, 3.63) is 65.0 Å². The molecular weight excluding hydrogens is 316 g/mol. The molecule has 0 aliphatic carbocycles. The highest BCUT2D eigenvalue weighted by molar-refractivity contribution is 7.13. The second-order valence-electron chi connectivity index (χ2n) is 4.65. The zero-order valence-corrected chi connectivity index (χ0v) is 13.4. The molecule has 1 aromatic carbocycles. The third-order valence-electron chi connectivity index (χ3n) is 3.14. The molecule has 22 heavy (non-hydrogen) atoms. The highest BCUT2D eigenvalue weighted by Crippen LogP contribution is 2.29. The van der Waals surface area contributed by atoms with Crippen molar-refractivity contribution in [2.45, 2.75) is 6.92 Å². The van der Waals surface area contributed by atoms with Crippen molar-refractivity contribution < 1.29 is 4.79 Å². The number of benzene rings is 1. The zero-order chi connectivity index (χ0) is 15.5. The van der Waals surface area contributed by atoms with E-state index in [2.05, 4.69) is 5.10 Å². The number of carbonyl (C=O) groups is 1. The Morgan fingerprint density at radius 2 is 2.05 bits per heavy atom. The minimum absolute atomic E-state index is 0.171. The summed E-state index contributed by atoms with van der Waals surface area (Å²) in [6, 6.07) is 13.3. The first-order chi connectivity index (χ1) is 10.7. The van der Waals surface area contributed by atoms with Gasteiger partial charge < -0.3 is 0 Å². The van der Waals surface area contributed by atoms with Crippen LogP contribution in [-0.4, -0.2) is 15.7 Å². The van der Waals surface area contributed by atoms with E-state index in [4.69, 9.17) is 11.6 Å². The van der Waals surface area contributed by atoms with E-state index in [0.29, 0.717) is 5.02 Å². The standard InChI is InChI=1S/C17H13ClN2OS/c1-2-4-17(21)20-15(12-6-8-13(18)9-7-12)11-14(19-20)16-5-3-10-22-16/h2-11H,1H3/b4-2+.